The van der Waals surface area contributed by atoms with E-state index in [-0.39, 0.29) is 11.7 Å². The van der Waals surface area contributed by atoms with E-state index in [9.17, 15) is 4.79 Å². The molecule has 2 aliphatic heterocycles. The van der Waals surface area contributed by atoms with Gasteiger partial charge in [0.25, 0.3) is 0 Å². The lowest BCUT2D eigenvalue weighted by Gasteiger charge is -2.22. The molecular formula is C15H18BrNO2. The van der Waals surface area contributed by atoms with Crippen LogP contribution in [0.2, 0.25) is 0 Å². The maximum absolute atomic E-state index is 12.2. The molecule has 1 unspecified atom stereocenters. The molecule has 1 saturated heterocycles. The molecular weight excluding hydrogens is 306 g/mol. The molecule has 102 valence electrons. The molecule has 0 saturated carbocycles. The van der Waals surface area contributed by atoms with Gasteiger partial charge in [-0.15, -0.1) is 0 Å². The summed E-state index contributed by atoms with van der Waals surface area (Å²) in [6, 6.07) is 0. The van der Waals surface area contributed by atoms with Crippen LogP contribution in [0.1, 0.15) is 19.3 Å². The van der Waals surface area contributed by atoms with Crippen LogP contribution in [0.3, 0.4) is 0 Å². The first kappa shape index (κ1) is 13.1. The standard InChI is InChI=1S/C15H18BrNO2/c16-15-12(2-1-10-3-5-17-6-4-10)14(18)7-11-8-19-9-13(11)15/h1-2,8,10,12,17H,3-7,9H2/b2-1+. The van der Waals surface area contributed by atoms with E-state index in [1.54, 1.807) is 6.26 Å². The molecule has 1 aliphatic carbocycles. The molecule has 0 bridgehead atoms. The summed E-state index contributed by atoms with van der Waals surface area (Å²) in [5.41, 5.74) is 2.21. The second-order valence-corrected chi connectivity index (χ2v) is 6.23. The minimum atomic E-state index is -0.108. The third kappa shape index (κ3) is 2.70. The Balaban J connectivity index is 1.76. The van der Waals surface area contributed by atoms with E-state index >= 15 is 0 Å². The zero-order valence-electron chi connectivity index (χ0n) is 10.8. The highest BCUT2D eigenvalue weighted by Crippen LogP contribution is 2.39. The Morgan fingerprint density at radius 3 is 2.89 bits per heavy atom. The van der Waals surface area contributed by atoms with Gasteiger partial charge in [0.2, 0.25) is 0 Å². The van der Waals surface area contributed by atoms with Crippen molar-refractivity contribution in [1.29, 1.82) is 0 Å². The number of piperidine rings is 1. The largest absolute Gasteiger partial charge is 0.496 e. The summed E-state index contributed by atoms with van der Waals surface area (Å²) < 4.78 is 6.32. The van der Waals surface area contributed by atoms with Gasteiger partial charge in [-0.25, -0.2) is 0 Å². The predicted octanol–water partition coefficient (Wildman–Crippen LogP) is 2.69. The highest BCUT2D eigenvalue weighted by Gasteiger charge is 2.32. The highest BCUT2D eigenvalue weighted by molar-refractivity contribution is 9.11. The molecule has 1 fully saturated rings. The Morgan fingerprint density at radius 1 is 1.32 bits per heavy atom. The van der Waals surface area contributed by atoms with Crippen LogP contribution < -0.4 is 5.32 Å². The summed E-state index contributed by atoms with van der Waals surface area (Å²) in [5.74, 6) is 0.761. The number of hydrogen-bond donors (Lipinski definition) is 1. The van der Waals surface area contributed by atoms with E-state index in [1.165, 1.54) is 18.4 Å². The number of rotatable bonds is 2. The number of carbonyl (C=O) groups is 1. The Bertz CT molecular complexity index is 473. The van der Waals surface area contributed by atoms with Crippen LogP contribution >= 0.6 is 15.9 Å². The van der Waals surface area contributed by atoms with E-state index in [4.69, 9.17) is 4.74 Å². The second-order valence-electron chi connectivity index (χ2n) is 5.37. The van der Waals surface area contributed by atoms with Crippen LogP contribution in [-0.2, 0) is 9.53 Å². The van der Waals surface area contributed by atoms with Gasteiger partial charge in [-0.2, -0.15) is 0 Å². The van der Waals surface area contributed by atoms with Crippen LogP contribution in [0.5, 0.6) is 0 Å². The van der Waals surface area contributed by atoms with E-state index in [0.29, 0.717) is 18.9 Å². The Kier molecular flexibility index (Phi) is 3.89. The zero-order valence-corrected chi connectivity index (χ0v) is 12.4. The molecule has 0 radical (unpaired) electrons. The zero-order chi connectivity index (χ0) is 13.2. The normalized spacial score (nSPS) is 28.6. The molecule has 0 aromatic rings. The Labute approximate surface area is 121 Å². The first-order valence-electron chi connectivity index (χ1n) is 6.87. The monoisotopic (exact) mass is 323 g/mol. The van der Waals surface area contributed by atoms with Gasteiger partial charge in [-0.1, -0.05) is 28.1 Å². The fraction of sp³-hybridized carbons (Fsp3) is 0.533. The lowest BCUT2D eigenvalue weighted by atomic mass is 9.85. The maximum Gasteiger partial charge on any atom is 0.149 e. The van der Waals surface area contributed by atoms with Gasteiger partial charge in [0, 0.05) is 22.0 Å². The lowest BCUT2D eigenvalue weighted by Crippen LogP contribution is -2.27. The van der Waals surface area contributed by atoms with Crippen LogP contribution in [0.4, 0.5) is 0 Å². The van der Waals surface area contributed by atoms with Crippen LogP contribution in [0.15, 0.2) is 34.0 Å². The second kappa shape index (κ2) is 5.63. The number of fused-ring (bicyclic) bond motifs is 1. The van der Waals surface area contributed by atoms with Crippen molar-refractivity contribution >= 4 is 21.7 Å². The fourth-order valence-electron chi connectivity index (χ4n) is 2.88. The van der Waals surface area contributed by atoms with Crippen molar-refractivity contribution in [2.24, 2.45) is 11.8 Å². The van der Waals surface area contributed by atoms with Crippen LogP contribution in [0, 0.1) is 11.8 Å². The lowest BCUT2D eigenvalue weighted by molar-refractivity contribution is -0.120. The molecule has 19 heavy (non-hydrogen) atoms. The van der Waals surface area contributed by atoms with E-state index < -0.39 is 0 Å². The quantitative estimate of drug-likeness (QED) is 0.794. The number of Topliss-reactive ketones (excluding diaryl/α,β-unsaturated/α-hetero) is 1. The molecule has 2 heterocycles. The topological polar surface area (TPSA) is 38.3 Å². The Morgan fingerprint density at radius 2 is 2.11 bits per heavy atom. The highest BCUT2D eigenvalue weighted by atomic mass is 79.9. The number of nitrogens with one attached hydrogen (secondary N) is 1. The third-order valence-electron chi connectivity index (χ3n) is 4.07. The van der Waals surface area contributed by atoms with Crippen LogP contribution in [-0.4, -0.2) is 25.5 Å². The molecule has 0 amide bonds. The number of allylic oxidation sites excluding steroid dienone is 3. The summed E-state index contributed by atoms with van der Waals surface area (Å²) in [5, 5.41) is 3.36. The Hall–Kier alpha value is -0.870. The maximum atomic E-state index is 12.2. The predicted molar refractivity (Wildman–Crippen MR) is 77.8 cm³/mol. The summed E-state index contributed by atoms with van der Waals surface area (Å²) >= 11 is 3.60. The van der Waals surface area contributed by atoms with Gasteiger partial charge in [-0.05, 0) is 31.8 Å². The van der Waals surface area contributed by atoms with Crippen molar-refractivity contribution in [3.8, 4) is 0 Å². The first-order chi connectivity index (χ1) is 9.25. The number of hydrogen-bond acceptors (Lipinski definition) is 3. The van der Waals surface area contributed by atoms with Gasteiger partial charge in [0.15, 0.2) is 0 Å². The van der Waals surface area contributed by atoms with E-state index in [0.717, 1.165) is 23.1 Å². The molecule has 1 atom stereocenters. The SMILES string of the molecule is O=C1CC2=COCC2=C(Br)C1/C=C/C1CCNCC1. The minimum absolute atomic E-state index is 0.108. The van der Waals surface area contributed by atoms with Crippen molar-refractivity contribution in [2.75, 3.05) is 19.7 Å². The van der Waals surface area contributed by atoms with Gasteiger partial charge >= 0.3 is 0 Å². The summed E-state index contributed by atoms with van der Waals surface area (Å²) in [6.07, 6.45) is 8.88. The average molecular weight is 324 g/mol. The summed E-state index contributed by atoms with van der Waals surface area (Å²) in [6.45, 7) is 2.76. The van der Waals surface area contributed by atoms with Crippen molar-refractivity contribution < 1.29 is 9.53 Å². The number of ketones is 1. The number of halogens is 1. The smallest absolute Gasteiger partial charge is 0.149 e. The van der Waals surface area contributed by atoms with Gasteiger partial charge < -0.3 is 10.1 Å². The summed E-state index contributed by atoms with van der Waals surface area (Å²) in [4.78, 5) is 12.2. The fourth-order valence-corrected chi connectivity index (χ4v) is 3.66. The number of carbonyl (C=O) groups excluding carboxylic acids is 1. The van der Waals surface area contributed by atoms with Crippen molar-refractivity contribution in [3.05, 3.63) is 34.0 Å². The van der Waals surface area contributed by atoms with Crippen molar-refractivity contribution in [2.45, 2.75) is 19.3 Å². The molecule has 4 heteroatoms. The number of ether oxygens (including phenoxy) is 1. The van der Waals surface area contributed by atoms with Crippen molar-refractivity contribution in [3.63, 3.8) is 0 Å². The van der Waals surface area contributed by atoms with Crippen LogP contribution in [0.25, 0.3) is 0 Å². The summed E-state index contributed by atoms with van der Waals surface area (Å²) in [7, 11) is 0. The molecule has 3 rings (SSSR count). The molecule has 3 aliphatic rings. The average Bonchev–Trinajstić information content (AvgIpc) is 2.88. The molecule has 3 nitrogen and oxygen atoms in total. The van der Waals surface area contributed by atoms with E-state index in [1.807, 2.05) is 0 Å². The van der Waals surface area contributed by atoms with Gasteiger partial charge in [0.1, 0.15) is 12.4 Å². The van der Waals surface area contributed by atoms with E-state index in [2.05, 4.69) is 33.4 Å². The van der Waals surface area contributed by atoms with Gasteiger partial charge in [-0.3, -0.25) is 4.79 Å². The minimum Gasteiger partial charge on any atom is -0.496 e. The molecule has 1 N–H and O–H groups in total. The third-order valence-corrected chi connectivity index (χ3v) is 5.05. The van der Waals surface area contributed by atoms with Crippen molar-refractivity contribution in [1.82, 2.24) is 5.32 Å². The molecule has 0 aromatic carbocycles. The molecule has 0 aromatic heterocycles. The molecule has 0 spiro atoms. The first-order valence-corrected chi connectivity index (χ1v) is 7.66. The van der Waals surface area contributed by atoms with Gasteiger partial charge in [0.05, 0.1) is 12.2 Å².